The zero-order valence-electron chi connectivity index (χ0n) is 12.4. The van der Waals surface area contributed by atoms with Crippen LogP contribution in [0.5, 0.6) is 5.75 Å². The minimum Gasteiger partial charge on any atom is -0.494 e. The summed E-state index contributed by atoms with van der Waals surface area (Å²) in [6.07, 6.45) is 4.82. The van der Waals surface area contributed by atoms with Crippen molar-refractivity contribution in [2.75, 3.05) is 20.7 Å². The van der Waals surface area contributed by atoms with Gasteiger partial charge in [-0.15, -0.1) is 0 Å². The Kier molecular flexibility index (Phi) is 5.41. The number of hydrogen-bond acceptors (Lipinski definition) is 3. The van der Waals surface area contributed by atoms with Crippen LogP contribution in [0.4, 0.5) is 0 Å². The van der Waals surface area contributed by atoms with Gasteiger partial charge in [-0.05, 0) is 56.0 Å². The van der Waals surface area contributed by atoms with E-state index < -0.39 is 0 Å². The maximum Gasteiger partial charge on any atom is 0.219 e. The van der Waals surface area contributed by atoms with Gasteiger partial charge in [0, 0.05) is 19.5 Å². The largest absolute Gasteiger partial charge is 0.494 e. The molecule has 1 aliphatic rings. The molecule has 4 nitrogen and oxygen atoms in total. The highest BCUT2D eigenvalue weighted by Gasteiger charge is 2.18. The summed E-state index contributed by atoms with van der Waals surface area (Å²) in [5.41, 5.74) is 2.79. The van der Waals surface area contributed by atoms with E-state index >= 15 is 0 Å². The lowest BCUT2D eigenvalue weighted by Crippen LogP contribution is -2.21. The first kappa shape index (κ1) is 14.9. The fourth-order valence-electron chi connectivity index (χ4n) is 2.73. The molecule has 1 atom stereocenters. The summed E-state index contributed by atoms with van der Waals surface area (Å²) in [5.74, 6) is 0.980. The lowest BCUT2D eigenvalue weighted by atomic mass is 9.87. The Labute approximate surface area is 120 Å². The van der Waals surface area contributed by atoms with Crippen molar-refractivity contribution in [3.8, 4) is 5.75 Å². The van der Waals surface area contributed by atoms with Crippen molar-refractivity contribution < 1.29 is 9.53 Å². The number of fused-ring (bicyclic) bond motifs is 1. The van der Waals surface area contributed by atoms with Crippen molar-refractivity contribution >= 4 is 5.91 Å². The van der Waals surface area contributed by atoms with Gasteiger partial charge < -0.3 is 15.4 Å². The fraction of sp³-hybridized carbons (Fsp3) is 0.562. The van der Waals surface area contributed by atoms with Crippen LogP contribution in [0.2, 0.25) is 0 Å². The molecule has 1 aliphatic carbocycles. The second kappa shape index (κ2) is 7.29. The maximum atomic E-state index is 11.1. The molecule has 0 saturated carbocycles. The van der Waals surface area contributed by atoms with Crippen molar-refractivity contribution in [1.29, 1.82) is 0 Å². The van der Waals surface area contributed by atoms with Crippen LogP contribution in [-0.4, -0.2) is 26.6 Å². The molecule has 1 unspecified atom stereocenters. The Morgan fingerprint density at radius 3 is 3.00 bits per heavy atom. The van der Waals surface area contributed by atoms with Crippen LogP contribution in [0.1, 0.15) is 42.9 Å². The van der Waals surface area contributed by atoms with Crippen LogP contribution in [0.3, 0.4) is 0 Å². The van der Waals surface area contributed by atoms with Gasteiger partial charge in [0.15, 0.2) is 0 Å². The van der Waals surface area contributed by atoms with Crippen LogP contribution in [0.15, 0.2) is 18.2 Å². The topological polar surface area (TPSA) is 50.4 Å². The molecule has 0 saturated heterocycles. The number of amides is 1. The van der Waals surface area contributed by atoms with E-state index in [1.165, 1.54) is 24.0 Å². The second-order valence-corrected chi connectivity index (χ2v) is 5.22. The molecule has 4 heteroatoms. The number of ether oxygens (including phenoxy) is 1. The van der Waals surface area contributed by atoms with Gasteiger partial charge in [0.2, 0.25) is 5.91 Å². The SMILES string of the molecule is CNC(=O)CCCOc1ccc2c(c1)CCCC2NC. The molecule has 0 radical (unpaired) electrons. The van der Waals surface area contributed by atoms with Crippen molar-refractivity contribution in [2.24, 2.45) is 0 Å². The predicted octanol–water partition coefficient (Wildman–Crippen LogP) is 2.19. The van der Waals surface area contributed by atoms with Crippen molar-refractivity contribution in [3.05, 3.63) is 29.3 Å². The van der Waals surface area contributed by atoms with Crippen molar-refractivity contribution in [1.82, 2.24) is 10.6 Å². The van der Waals surface area contributed by atoms with E-state index in [-0.39, 0.29) is 5.91 Å². The molecule has 0 spiro atoms. The first-order valence-electron chi connectivity index (χ1n) is 7.38. The van der Waals surface area contributed by atoms with Gasteiger partial charge in [-0.2, -0.15) is 0 Å². The molecule has 0 aliphatic heterocycles. The smallest absolute Gasteiger partial charge is 0.219 e. The Hall–Kier alpha value is -1.55. The molecular weight excluding hydrogens is 252 g/mol. The third-order valence-electron chi connectivity index (χ3n) is 3.87. The molecule has 2 N–H and O–H groups in total. The Balaban J connectivity index is 1.89. The quantitative estimate of drug-likeness (QED) is 0.783. The lowest BCUT2D eigenvalue weighted by molar-refractivity contribution is -0.120. The van der Waals surface area contributed by atoms with Gasteiger partial charge >= 0.3 is 0 Å². The van der Waals surface area contributed by atoms with E-state index in [0.29, 0.717) is 19.1 Å². The van der Waals surface area contributed by atoms with Gasteiger partial charge in [0.25, 0.3) is 0 Å². The highest BCUT2D eigenvalue weighted by Crippen LogP contribution is 2.31. The molecule has 2 rings (SSSR count). The molecule has 110 valence electrons. The molecule has 1 amide bonds. The van der Waals surface area contributed by atoms with E-state index in [0.717, 1.165) is 18.6 Å². The third-order valence-corrected chi connectivity index (χ3v) is 3.87. The molecular formula is C16H24N2O2. The average molecular weight is 276 g/mol. The van der Waals surface area contributed by atoms with Crippen LogP contribution < -0.4 is 15.4 Å². The number of carbonyl (C=O) groups excluding carboxylic acids is 1. The second-order valence-electron chi connectivity index (χ2n) is 5.22. The van der Waals surface area contributed by atoms with Crippen molar-refractivity contribution in [2.45, 2.75) is 38.1 Å². The summed E-state index contributed by atoms with van der Waals surface area (Å²) >= 11 is 0. The summed E-state index contributed by atoms with van der Waals surface area (Å²) < 4.78 is 5.74. The Morgan fingerprint density at radius 1 is 1.40 bits per heavy atom. The normalized spacial score (nSPS) is 17.4. The molecule has 20 heavy (non-hydrogen) atoms. The van der Waals surface area contributed by atoms with Gasteiger partial charge in [0.05, 0.1) is 6.61 Å². The van der Waals surface area contributed by atoms with Crippen LogP contribution >= 0.6 is 0 Å². The monoisotopic (exact) mass is 276 g/mol. The average Bonchev–Trinajstić information content (AvgIpc) is 2.50. The highest BCUT2D eigenvalue weighted by molar-refractivity contribution is 5.75. The summed E-state index contributed by atoms with van der Waals surface area (Å²) in [7, 11) is 3.67. The number of nitrogens with one attached hydrogen (secondary N) is 2. The van der Waals surface area contributed by atoms with Gasteiger partial charge in [-0.1, -0.05) is 6.07 Å². The summed E-state index contributed by atoms with van der Waals surface area (Å²) in [5, 5.41) is 5.98. The standard InChI is InChI=1S/C16H24N2O2/c1-17-15-6-3-5-12-11-13(8-9-14(12)15)20-10-4-7-16(19)18-2/h8-9,11,15,17H,3-7,10H2,1-2H3,(H,18,19). The molecule has 1 aromatic carbocycles. The number of carbonyl (C=O) groups is 1. The maximum absolute atomic E-state index is 11.1. The minimum atomic E-state index is 0.0657. The van der Waals surface area contributed by atoms with Gasteiger partial charge in [-0.25, -0.2) is 0 Å². The first-order chi connectivity index (χ1) is 9.74. The third kappa shape index (κ3) is 3.73. The number of hydrogen-bond donors (Lipinski definition) is 2. The van der Waals surface area contributed by atoms with E-state index in [4.69, 9.17) is 4.74 Å². The van der Waals surface area contributed by atoms with E-state index in [9.17, 15) is 4.79 Å². The first-order valence-corrected chi connectivity index (χ1v) is 7.38. The summed E-state index contributed by atoms with van der Waals surface area (Å²) in [4.78, 5) is 11.1. The molecule has 0 fully saturated rings. The highest BCUT2D eigenvalue weighted by atomic mass is 16.5. The lowest BCUT2D eigenvalue weighted by Gasteiger charge is -2.25. The molecule has 0 bridgehead atoms. The molecule has 0 aromatic heterocycles. The Bertz CT molecular complexity index is 460. The molecule has 1 aromatic rings. The Morgan fingerprint density at radius 2 is 2.25 bits per heavy atom. The minimum absolute atomic E-state index is 0.0657. The summed E-state index contributed by atoms with van der Waals surface area (Å²) in [6, 6.07) is 6.83. The zero-order valence-corrected chi connectivity index (χ0v) is 12.4. The number of rotatable bonds is 6. The van der Waals surface area contributed by atoms with Crippen molar-refractivity contribution in [3.63, 3.8) is 0 Å². The molecule has 0 heterocycles. The van der Waals surface area contributed by atoms with Crippen LogP contribution in [-0.2, 0) is 11.2 Å². The fourth-order valence-corrected chi connectivity index (χ4v) is 2.73. The zero-order chi connectivity index (χ0) is 14.4. The van der Waals surface area contributed by atoms with E-state index in [1.807, 2.05) is 13.1 Å². The number of benzene rings is 1. The van der Waals surface area contributed by atoms with E-state index in [2.05, 4.69) is 22.8 Å². The predicted molar refractivity (Wildman–Crippen MR) is 80.0 cm³/mol. The van der Waals surface area contributed by atoms with Crippen LogP contribution in [0, 0.1) is 0 Å². The summed E-state index contributed by atoms with van der Waals surface area (Å²) in [6.45, 7) is 0.585. The number of aryl methyl sites for hydroxylation is 1. The van der Waals surface area contributed by atoms with E-state index in [1.54, 1.807) is 7.05 Å². The van der Waals surface area contributed by atoms with Gasteiger partial charge in [-0.3, -0.25) is 4.79 Å². The van der Waals surface area contributed by atoms with Crippen LogP contribution in [0.25, 0.3) is 0 Å². The van der Waals surface area contributed by atoms with Gasteiger partial charge in [0.1, 0.15) is 5.75 Å².